The predicted molar refractivity (Wildman–Crippen MR) is 119 cm³/mol. The molecule has 1 aromatic heterocycles. The zero-order valence-corrected chi connectivity index (χ0v) is 18.6. The largest absolute Gasteiger partial charge is 0.459 e. The lowest BCUT2D eigenvalue weighted by molar-refractivity contribution is -0.0947. The molecule has 1 aliphatic rings. The summed E-state index contributed by atoms with van der Waals surface area (Å²) in [6.45, 7) is 11.0. The molecule has 2 aromatic rings. The number of hydrogen-bond donors (Lipinski definition) is 3. The van der Waals surface area contributed by atoms with Crippen molar-refractivity contribution in [3.8, 4) is 0 Å². The predicted octanol–water partition coefficient (Wildman–Crippen LogP) is 3.22. The van der Waals surface area contributed by atoms with Crippen molar-refractivity contribution in [2.45, 2.75) is 52.0 Å². The Morgan fingerprint density at radius 1 is 1.06 bits per heavy atom. The molecular formula is C23H32N4O4. The first-order valence-electron chi connectivity index (χ1n) is 10.6. The molecule has 31 heavy (non-hydrogen) atoms. The van der Waals surface area contributed by atoms with E-state index in [4.69, 9.17) is 9.15 Å². The van der Waals surface area contributed by atoms with Crippen LogP contribution in [0.15, 0.2) is 47.1 Å². The molecule has 0 bridgehead atoms. The molecule has 0 radical (unpaired) electrons. The van der Waals surface area contributed by atoms with Gasteiger partial charge >= 0.3 is 6.03 Å². The summed E-state index contributed by atoms with van der Waals surface area (Å²) in [5.74, 6) is -0.0479. The standard InChI is InChI=1S/C23H32N4O4/c1-16-13-27(14-17(2)31-16)23(3,4)15-25-22(29)24-12-18-7-9-19(10-8-18)26-21(28)20-6-5-11-30-20/h5-11,16-17H,12-15H2,1-4H3,(H,26,28)(H2,24,25,29). The van der Waals surface area contributed by atoms with Gasteiger partial charge in [0, 0.05) is 37.4 Å². The lowest BCUT2D eigenvalue weighted by atomic mass is 10.00. The van der Waals surface area contributed by atoms with Crippen LogP contribution in [0.25, 0.3) is 0 Å². The highest BCUT2D eigenvalue weighted by atomic mass is 16.5. The van der Waals surface area contributed by atoms with E-state index in [0.717, 1.165) is 18.7 Å². The number of furan rings is 1. The van der Waals surface area contributed by atoms with Crippen LogP contribution in [0.3, 0.4) is 0 Å². The van der Waals surface area contributed by atoms with Crippen LogP contribution in [0.5, 0.6) is 0 Å². The second-order valence-electron chi connectivity index (χ2n) is 8.64. The van der Waals surface area contributed by atoms with Gasteiger partial charge in [-0.25, -0.2) is 4.79 Å². The Bertz CT molecular complexity index is 854. The number of carbonyl (C=O) groups is 2. The zero-order valence-electron chi connectivity index (χ0n) is 18.6. The number of urea groups is 1. The number of ether oxygens (including phenoxy) is 1. The van der Waals surface area contributed by atoms with Gasteiger partial charge in [-0.1, -0.05) is 12.1 Å². The van der Waals surface area contributed by atoms with Gasteiger partial charge in [0.1, 0.15) is 0 Å². The van der Waals surface area contributed by atoms with Gasteiger partial charge in [0.15, 0.2) is 5.76 Å². The SMILES string of the molecule is CC1CN(C(C)(C)CNC(=O)NCc2ccc(NC(=O)c3ccco3)cc2)CC(C)O1. The third-order valence-corrected chi connectivity index (χ3v) is 5.37. The molecule has 1 saturated heterocycles. The van der Waals surface area contributed by atoms with Crippen LogP contribution in [0.1, 0.15) is 43.8 Å². The Balaban J connectivity index is 1.42. The molecule has 0 aliphatic carbocycles. The molecule has 8 nitrogen and oxygen atoms in total. The van der Waals surface area contributed by atoms with Crippen molar-refractivity contribution in [3.63, 3.8) is 0 Å². The fourth-order valence-corrected chi connectivity index (χ4v) is 3.63. The minimum atomic E-state index is -0.304. The van der Waals surface area contributed by atoms with Gasteiger partial charge in [0.05, 0.1) is 18.5 Å². The molecule has 3 N–H and O–H groups in total. The fraction of sp³-hybridized carbons (Fsp3) is 0.478. The first-order chi connectivity index (χ1) is 14.7. The number of morpholine rings is 1. The summed E-state index contributed by atoms with van der Waals surface area (Å²) >= 11 is 0. The molecule has 2 heterocycles. The molecule has 3 amide bonds. The molecule has 3 rings (SSSR count). The normalized spacial score (nSPS) is 19.6. The summed E-state index contributed by atoms with van der Waals surface area (Å²) < 4.78 is 10.9. The van der Waals surface area contributed by atoms with E-state index in [9.17, 15) is 9.59 Å². The van der Waals surface area contributed by atoms with Crippen LogP contribution in [0.4, 0.5) is 10.5 Å². The topological polar surface area (TPSA) is 95.8 Å². The van der Waals surface area contributed by atoms with E-state index in [-0.39, 0.29) is 35.4 Å². The van der Waals surface area contributed by atoms with Crippen molar-refractivity contribution in [2.75, 3.05) is 25.0 Å². The van der Waals surface area contributed by atoms with Crippen molar-refractivity contribution >= 4 is 17.6 Å². The number of benzene rings is 1. The highest BCUT2D eigenvalue weighted by Crippen LogP contribution is 2.20. The number of hydrogen-bond acceptors (Lipinski definition) is 5. The van der Waals surface area contributed by atoms with E-state index < -0.39 is 0 Å². The minimum absolute atomic E-state index is 0.169. The van der Waals surface area contributed by atoms with E-state index in [2.05, 4.69) is 48.5 Å². The molecule has 0 saturated carbocycles. The number of carbonyl (C=O) groups excluding carboxylic acids is 2. The van der Waals surface area contributed by atoms with Gasteiger partial charge in [-0.15, -0.1) is 0 Å². The van der Waals surface area contributed by atoms with Gasteiger partial charge < -0.3 is 25.1 Å². The van der Waals surface area contributed by atoms with Crippen molar-refractivity contribution in [3.05, 3.63) is 54.0 Å². The first-order valence-corrected chi connectivity index (χ1v) is 10.6. The van der Waals surface area contributed by atoms with Gasteiger partial charge in [-0.05, 0) is 57.5 Å². The van der Waals surface area contributed by atoms with Crippen molar-refractivity contribution in [1.82, 2.24) is 15.5 Å². The van der Waals surface area contributed by atoms with E-state index in [1.807, 2.05) is 12.1 Å². The van der Waals surface area contributed by atoms with Crippen LogP contribution in [-0.2, 0) is 11.3 Å². The Kier molecular flexibility index (Phi) is 7.35. The summed E-state index contributed by atoms with van der Waals surface area (Å²) in [4.78, 5) is 26.6. The zero-order chi connectivity index (χ0) is 22.4. The van der Waals surface area contributed by atoms with Crippen LogP contribution < -0.4 is 16.0 Å². The number of anilines is 1. The number of nitrogens with zero attached hydrogens (tertiary/aromatic N) is 1. The van der Waals surface area contributed by atoms with Crippen molar-refractivity contribution in [1.29, 1.82) is 0 Å². The smallest absolute Gasteiger partial charge is 0.315 e. The molecule has 1 aromatic carbocycles. The minimum Gasteiger partial charge on any atom is -0.459 e. The molecule has 1 aliphatic heterocycles. The monoisotopic (exact) mass is 428 g/mol. The van der Waals surface area contributed by atoms with Crippen LogP contribution in [-0.4, -0.2) is 54.2 Å². The van der Waals surface area contributed by atoms with E-state index in [1.165, 1.54) is 6.26 Å². The van der Waals surface area contributed by atoms with Gasteiger partial charge in [-0.2, -0.15) is 0 Å². The maximum absolute atomic E-state index is 12.3. The van der Waals surface area contributed by atoms with E-state index in [0.29, 0.717) is 18.8 Å². The average Bonchev–Trinajstić information content (AvgIpc) is 3.26. The van der Waals surface area contributed by atoms with E-state index in [1.54, 1.807) is 24.3 Å². The molecule has 2 atom stereocenters. The Labute approximate surface area is 183 Å². The maximum Gasteiger partial charge on any atom is 0.315 e. The molecule has 0 spiro atoms. The quantitative estimate of drug-likeness (QED) is 0.629. The highest BCUT2D eigenvalue weighted by molar-refractivity contribution is 6.02. The lowest BCUT2D eigenvalue weighted by Crippen LogP contribution is -2.59. The Hall–Kier alpha value is -2.84. The van der Waals surface area contributed by atoms with Crippen LogP contribution in [0, 0.1) is 0 Å². The molecule has 168 valence electrons. The second-order valence-corrected chi connectivity index (χ2v) is 8.64. The van der Waals surface area contributed by atoms with Gasteiger partial charge in [0.2, 0.25) is 0 Å². The van der Waals surface area contributed by atoms with Gasteiger partial charge in [-0.3, -0.25) is 9.69 Å². The number of rotatable bonds is 7. The van der Waals surface area contributed by atoms with E-state index >= 15 is 0 Å². The fourth-order valence-electron chi connectivity index (χ4n) is 3.63. The third-order valence-electron chi connectivity index (χ3n) is 5.37. The lowest BCUT2D eigenvalue weighted by Gasteiger charge is -2.45. The number of nitrogens with one attached hydrogen (secondary N) is 3. The van der Waals surface area contributed by atoms with Crippen molar-refractivity contribution < 1.29 is 18.7 Å². The average molecular weight is 429 g/mol. The summed E-state index contributed by atoms with van der Waals surface area (Å²) in [6, 6.07) is 10.4. The van der Waals surface area contributed by atoms with Crippen LogP contribution >= 0.6 is 0 Å². The molecule has 8 heteroatoms. The summed E-state index contributed by atoms with van der Waals surface area (Å²) in [5.41, 5.74) is 1.42. The van der Waals surface area contributed by atoms with Crippen molar-refractivity contribution in [2.24, 2.45) is 0 Å². The Morgan fingerprint density at radius 3 is 2.35 bits per heavy atom. The van der Waals surface area contributed by atoms with Gasteiger partial charge in [0.25, 0.3) is 5.91 Å². The first kappa shape index (κ1) is 22.8. The van der Waals surface area contributed by atoms with Crippen LogP contribution in [0.2, 0.25) is 0 Å². The second kappa shape index (κ2) is 9.98. The molecule has 1 fully saturated rings. The third kappa shape index (κ3) is 6.57. The Morgan fingerprint density at radius 2 is 1.74 bits per heavy atom. The maximum atomic E-state index is 12.3. The molecular weight excluding hydrogens is 396 g/mol. The summed E-state index contributed by atoms with van der Waals surface area (Å²) in [5, 5.41) is 8.62. The number of amides is 3. The summed E-state index contributed by atoms with van der Waals surface area (Å²) in [7, 11) is 0. The summed E-state index contributed by atoms with van der Waals surface area (Å²) in [6.07, 6.45) is 1.82. The highest BCUT2D eigenvalue weighted by Gasteiger charge is 2.33. The molecule has 2 unspecified atom stereocenters.